The lowest BCUT2D eigenvalue weighted by Crippen LogP contribution is -2.38. The summed E-state index contributed by atoms with van der Waals surface area (Å²) < 4.78 is 15.2. The van der Waals surface area contributed by atoms with Crippen molar-refractivity contribution in [3.63, 3.8) is 0 Å². The Morgan fingerprint density at radius 1 is 1.37 bits per heavy atom. The maximum Gasteiger partial charge on any atom is 0.191 e. The minimum atomic E-state index is -0.240. The fourth-order valence-corrected chi connectivity index (χ4v) is 2.76. The number of fused-ring (bicyclic) bond motifs is 1. The highest BCUT2D eigenvalue weighted by molar-refractivity contribution is 5.83. The van der Waals surface area contributed by atoms with Crippen LogP contribution in [0.25, 0.3) is 10.9 Å². The second-order valence-electron chi connectivity index (χ2n) is 6.24. The minimum Gasteiger partial charge on any atom is -0.361 e. The number of aromatic nitrogens is 4. The number of guanidine groups is 1. The van der Waals surface area contributed by atoms with E-state index in [9.17, 15) is 4.39 Å². The van der Waals surface area contributed by atoms with Gasteiger partial charge in [0.1, 0.15) is 18.2 Å². The Morgan fingerprint density at radius 2 is 2.22 bits per heavy atom. The van der Waals surface area contributed by atoms with E-state index in [1.165, 1.54) is 12.1 Å². The molecule has 0 saturated heterocycles. The smallest absolute Gasteiger partial charge is 0.191 e. The highest BCUT2D eigenvalue weighted by Crippen LogP contribution is 2.19. The van der Waals surface area contributed by atoms with Crippen molar-refractivity contribution in [3.8, 4) is 0 Å². The zero-order chi connectivity index (χ0) is 19.2. The fourth-order valence-electron chi connectivity index (χ4n) is 2.76. The molecule has 142 valence electrons. The molecule has 27 heavy (non-hydrogen) atoms. The summed E-state index contributed by atoms with van der Waals surface area (Å²) in [4.78, 5) is 7.68. The van der Waals surface area contributed by atoms with Gasteiger partial charge in [0.25, 0.3) is 0 Å². The third kappa shape index (κ3) is 4.52. The molecule has 8 heteroatoms. The maximum absolute atomic E-state index is 13.3. The van der Waals surface area contributed by atoms with Crippen molar-refractivity contribution in [2.45, 2.75) is 19.9 Å². The van der Waals surface area contributed by atoms with Gasteiger partial charge in [0, 0.05) is 37.2 Å². The molecule has 7 nitrogen and oxygen atoms in total. The molecule has 0 aliphatic carbocycles. The molecular weight excluding hydrogens is 345 g/mol. The van der Waals surface area contributed by atoms with Crippen LogP contribution in [0.2, 0.25) is 0 Å². The van der Waals surface area contributed by atoms with E-state index in [2.05, 4.69) is 37.4 Å². The van der Waals surface area contributed by atoms with E-state index in [1.807, 2.05) is 24.7 Å². The van der Waals surface area contributed by atoms with Gasteiger partial charge < -0.3 is 20.2 Å². The summed E-state index contributed by atoms with van der Waals surface area (Å²) in [5.74, 6) is 2.09. The lowest BCUT2D eigenvalue weighted by Gasteiger charge is -2.11. The quantitative estimate of drug-likeness (QED) is 0.339. The Bertz CT molecular complexity index is 954. The summed E-state index contributed by atoms with van der Waals surface area (Å²) in [5, 5.41) is 15.7. The maximum atomic E-state index is 13.3. The number of halogens is 1. The molecule has 0 bridgehead atoms. The molecule has 0 unspecified atom stereocenters. The molecule has 0 spiro atoms. The molecule has 3 rings (SSSR count). The molecule has 0 aliphatic rings. The molecule has 2 aromatic heterocycles. The fraction of sp³-hybridized carbons (Fsp3) is 0.316. The molecular formula is C19H24FN7. The largest absolute Gasteiger partial charge is 0.361 e. The number of aromatic amines is 1. The topological polar surface area (TPSA) is 82.9 Å². The number of nitrogens with one attached hydrogen (secondary N) is 3. The van der Waals surface area contributed by atoms with E-state index in [1.54, 1.807) is 12.1 Å². The van der Waals surface area contributed by atoms with Gasteiger partial charge in [-0.25, -0.2) is 9.38 Å². The molecule has 0 fully saturated rings. The van der Waals surface area contributed by atoms with Crippen molar-refractivity contribution in [3.05, 3.63) is 60.1 Å². The second-order valence-corrected chi connectivity index (χ2v) is 6.24. The van der Waals surface area contributed by atoms with Gasteiger partial charge in [-0.3, -0.25) is 0 Å². The van der Waals surface area contributed by atoms with Crippen molar-refractivity contribution in [2.75, 3.05) is 13.1 Å². The molecule has 2 heterocycles. The van der Waals surface area contributed by atoms with Crippen molar-refractivity contribution < 1.29 is 4.39 Å². The monoisotopic (exact) mass is 369 g/mol. The number of hydrogen-bond acceptors (Lipinski definition) is 3. The summed E-state index contributed by atoms with van der Waals surface area (Å²) in [6.45, 7) is 7.35. The Hall–Kier alpha value is -3.16. The van der Waals surface area contributed by atoms with Crippen LogP contribution < -0.4 is 10.6 Å². The minimum absolute atomic E-state index is 0.240. The van der Waals surface area contributed by atoms with Crippen LogP contribution in [0.4, 0.5) is 4.39 Å². The normalized spacial score (nSPS) is 11.7. The van der Waals surface area contributed by atoms with Gasteiger partial charge in [-0.2, -0.15) is 0 Å². The van der Waals surface area contributed by atoms with Crippen LogP contribution in [0, 0.1) is 12.7 Å². The summed E-state index contributed by atoms with van der Waals surface area (Å²) in [7, 11) is 1.92. The van der Waals surface area contributed by atoms with Gasteiger partial charge in [-0.05, 0) is 37.1 Å². The van der Waals surface area contributed by atoms with Gasteiger partial charge in [-0.15, -0.1) is 16.8 Å². The molecule has 3 N–H and O–H groups in total. The number of hydrogen-bond donors (Lipinski definition) is 3. The zero-order valence-corrected chi connectivity index (χ0v) is 15.6. The lowest BCUT2D eigenvalue weighted by molar-refractivity contribution is 0.629. The van der Waals surface area contributed by atoms with Crippen LogP contribution >= 0.6 is 0 Å². The van der Waals surface area contributed by atoms with Gasteiger partial charge in [0.2, 0.25) is 0 Å². The Balaban J connectivity index is 1.62. The van der Waals surface area contributed by atoms with Crippen molar-refractivity contribution >= 4 is 16.9 Å². The average Bonchev–Trinajstić information content (AvgIpc) is 3.20. The summed E-state index contributed by atoms with van der Waals surface area (Å²) >= 11 is 0. The predicted molar refractivity (Wildman–Crippen MR) is 105 cm³/mol. The summed E-state index contributed by atoms with van der Waals surface area (Å²) in [6.07, 6.45) is 4.48. The highest BCUT2D eigenvalue weighted by atomic mass is 19.1. The van der Waals surface area contributed by atoms with Gasteiger partial charge >= 0.3 is 0 Å². The number of rotatable bonds is 7. The van der Waals surface area contributed by atoms with Crippen LogP contribution in [0.15, 0.2) is 42.0 Å². The number of aryl methyl sites for hydroxylation is 1. The molecule has 0 saturated carbocycles. The van der Waals surface area contributed by atoms with E-state index in [0.717, 1.165) is 34.5 Å². The molecule has 0 amide bonds. The molecule has 0 atom stereocenters. The van der Waals surface area contributed by atoms with E-state index in [0.29, 0.717) is 25.6 Å². The lowest BCUT2D eigenvalue weighted by atomic mass is 10.1. The SMILES string of the molecule is C=CCNC(=NCc1nnc(C)n1C)NCCc1c[nH]c2cc(F)ccc12. The molecule has 3 aromatic rings. The van der Waals surface area contributed by atoms with Gasteiger partial charge in [0.05, 0.1) is 0 Å². The van der Waals surface area contributed by atoms with E-state index in [4.69, 9.17) is 0 Å². The first-order valence-corrected chi connectivity index (χ1v) is 8.82. The van der Waals surface area contributed by atoms with E-state index < -0.39 is 0 Å². The number of nitrogens with zero attached hydrogens (tertiary/aromatic N) is 4. The van der Waals surface area contributed by atoms with Crippen molar-refractivity contribution in [1.29, 1.82) is 0 Å². The average molecular weight is 369 g/mol. The second kappa shape index (κ2) is 8.48. The predicted octanol–water partition coefficient (Wildman–Crippen LogP) is 2.21. The first kappa shape index (κ1) is 18.6. The zero-order valence-electron chi connectivity index (χ0n) is 15.6. The van der Waals surface area contributed by atoms with Crippen LogP contribution in [-0.4, -0.2) is 38.8 Å². The molecule has 0 aliphatic heterocycles. The summed E-state index contributed by atoms with van der Waals surface area (Å²) in [6, 6.07) is 4.79. The van der Waals surface area contributed by atoms with E-state index >= 15 is 0 Å². The van der Waals surface area contributed by atoms with Gasteiger partial charge in [0.15, 0.2) is 11.8 Å². The molecule has 0 radical (unpaired) electrons. The standard InChI is InChI=1S/C19H24FN7/c1-4-8-21-19(24-12-18-26-25-13(2)27(18)3)22-9-7-14-11-23-17-10-15(20)5-6-16(14)17/h4-6,10-11,23H,1,7-9,12H2,2-3H3,(H2,21,22,24). The Morgan fingerprint density at radius 3 is 2.96 bits per heavy atom. The van der Waals surface area contributed by atoms with Crippen molar-refractivity contribution in [2.24, 2.45) is 12.0 Å². The first-order valence-electron chi connectivity index (χ1n) is 8.82. The number of benzene rings is 1. The van der Waals surface area contributed by atoms with Crippen molar-refractivity contribution in [1.82, 2.24) is 30.4 Å². The van der Waals surface area contributed by atoms with Crippen LogP contribution in [0.1, 0.15) is 17.2 Å². The first-order chi connectivity index (χ1) is 13.1. The van der Waals surface area contributed by atoms with Crippen LogP contribution in [0.3, 0.4) is 0 Å². The molecule has 1 aromatic carbocycles. The van der Waals surface area contributed by atoms with E-state index in [-0.39, 0.29) is 5.82 Å². The number of H-pyrrole nitrogens is 1. The van der Waals surface area contributed by atoms with Gasteiger partial charge in [-0.1, -0.05) is 6.08 Å². The third-order valence-electron chi connectivity index (χ3n) is 4.39. The highest BCUT2D eigenvalue weighted by Gasteiger charge is 2.07. The van der Waals surface area contributed by atoms with Crippen LogP contribution in [-0.2, 0) is 20.0 Å². The third-order valence-corrected chi connectivity index (χ3v) is 4.39. The van der Waals surface area contributed by atoms with Crippen LogP contribution in [0.5, 0.6) is 0 Å². The Labute approximate surface area is 157 Å². The number of aliphatic imine (C=N–C) groups is 1. The Kier molecular flexibility index (Phi) is 5.85. The summed E-state index contributed by atoms with van der Waals surface area (Å²) in [5.41, 5.74) is 1.94.